The topological polar surface area (TPSA) is 50.2 Å². The van der Waals surface area contributed by atoms with E-state index >= 15 is 0 Å². The minimum absolute atomic E-state index is 0.233. The number of likely N-dealkylation sites (tertiary alicyclic amines) is 1. The molecule has 1 aromatic rings. The number of carbonyl (C=O) groups excluding carboxylic acids is 1. The molecule has 2 rings (SSSR count). The number of piperidine rings is 1. The lowest BCUT2D eigenvalue weighted by atomic mass is 10.1. The van der Waals surface area contributed by atoms with Crippen molar-refractivity contribution in [3.05, 3.63) is 18.2 Å². The van der Waals surface area contributed by atoms with Gasteiger partial charge in [-0.3, -0.25) is 4.79 Å². The van der Waals surface area contributed by atoms with Gasteiger partial charge in [-0.1, -0.05) is 0 Å². The molecule has 5 heteroatoms. The molecule has 0 aromatic carbocycles. The molecule has 0 spiro atoms. The number of hydrogen-bond acceptors (Lipinski definition) is 3. The van der Waals surface area contributed by atoms with Gasteiger partial charge in [0.2, 0.25) is 5.91 Å². The van der Waals surface area contributed by atoms with Gasteiger partial charge in [-0.25, -0.2) is 4.98 Å². The lowest BCUT2D eigenvalue weighted by molar-refractivity contribution is -0.131. The Kier molecular flexibility index (Phi) is 4.75. The largest absolute Gasteiger partial charge is 0.342 e. The summed E-state index contributed by atoms with van der Waals surface area (Å²) in [6.07, 6.45) is 7.33. The Hall–Kier alpha value is -1.36. The summed E-state index contributed by atoms with van der Waals surface area (Å²) < 4.78 is 2.08. The zero-order valence-corrected chi connectivity index (χ0v) is 11.1. The second-order valence-electron chi connectivity index (χ2n) is 4.79. The number of nitrogens with zero attached hydrogens (tertiary/aromatic N) is 3. The van der Waals surface area contributed by atoms with Gasteiger partial charge in [0.25, 0.3) is 0 Å². The fraction of sp³-hybridized carbons (Fsp3) is 0.692. The molecule has 1 saturated heterocycles. The van der Waals surface area contributed by atoms with Gasteiger partial charge in [-0.05, 0) is 26.2 Å². The van der Waals surface area contributed by atoms with Crippen LogP contribution in [0.1, 0.15) is 25.1 Å². The normalized spacial score (nSPS) is 15.9. The van der Waals surface area contributed by atoms with Gasteiger partial charge in [0.15, 0.2) is 0 Å². The highest BCUT2D eigenvalue weighted by atomic mass is 16.2. The van der Waals surface area contributed by atoms with Crippen LogP contribution in [-0.2, 0) is 11.3 Å². The van der Waals surface area contributed by atoms with E-state index in [2.05, 4.69) is 14.9 Å². The molecule has 1 aliphatic heterocycles. The molecule has 100 valence electrons. The van der Waals surface area contributed by atoms with Crippen molar-refractivity contribution in [3.8, 4) is 0 Å². The third-order valence-corrected chi connectivity index (χ3v) is 3.44. The van der Waals surface area contributed by atoms with Crippen molar-refractivity contribution >= 4 is 5.91 Å². The van der Waals surface area contributed by atoms with Crippen molar-refractivity contribution in [2.45, 2.75) is 32.7 Å². The first-order valence-corrected chi connectivity index (χ1v) is 6.73. The maximum atomic E-state index is 11.9. The molecule has 1 amide bonds. The van der Waals surface area contributed by atoms with Crippen LogP contribution in [0.3, 0.4) is 0 Å². The highest BCUT2D eigenvalue weighted by Gasteiger charge is 2.15. The molecule has 1 fully saturated rings. The fourth-order valence-electron chi connectivity index (χ4n) is 2.29. The van der Waals surface area contributed by atoms with Gasteiger partial charge in [0.05, 0.1) is 6.54 Å². The monoisotopic (exact) mass is 250 g/mol. The van der Waals surface area contributed by atoms with Crippen LogP contribution >= 0.6 is 0 Å². The molecule has 1 aliphatic rings. The van der Waals surface area contributed by atoms with Crippen LogP contribution in [0.4, 0.5) is 0 Å². The van der Waals surface area contributed by atoms with E-state index in [0.29, 0.717) is 6.54 Å². The summed E-state index contributed by atoms with van der Waals surface area (Å²) in [5, 5.41) is 3.21. The molecule has 0 bridgehead atoms. The summed E-state index contributed by atoms with van der Waals surface area (Å²) in [4.78, 5) is 18.0. The van der Waals surface area contributed by atoms with E-state index < -0.39 is 0 Å². The molecular weight excluding hydrogens is 228 g/mol. The maximum absolute atomic E-state index is 11.9. The molecule has 18 heavy (non-hydrogen) atoms. The summed E-state index contributed by atoms with van der Waals surface area (Å²) in [6, 6.07) is 0. The minimum Gasteiger partial charge on any atom is -0.342 e. The number of carbonyl (C=O) groups is 1. The fourth-order valence-corrected chi connectivity index (χ4v) is 2.29. The van der Waals surface area contributed by atoms with Gasteiger partial charge < -0.3 is 14.8 Å². The first-order valence-electron chi connectivity index (χ1n) is 6.73. The zero-order chi connectivity index (χ0) is 12.8. The molecule has 1 N–H and O–H groups in total. The number of nitrogens with one attached hydrogen (secondary N) is 1. The molecule has 2 heterocycles. The van der Waals surface area contributed by atoms with Crippen LogP contribution in [-0.4, -0.2) is 46.5 Å². The molecule has 0 saturated carbocycles. The molecule has 0 atom stereocenters. The van der Waals surface area contributed by atoms with Crippen LogP contribution in [0.5, 0.6) is 0 Å². The Morgan fingerprint density at radius 3 is 2.83 bits per heavy atom. The predicted octanol–water partition coefficient (Wildman–Crippen LogP) is 0.794. The van der Waals surface area contributed by atoms with Gasteiger partial charge >= 0.3 is 0 Å². The number of hydrogen-bond donors (Lipinski definition) is 1. The molecule has 0 aliphatic carbocycles. The molecule has 0 unspecified atom stereocenters. The first-order chi connectivity index (χ1) is 8.77. The number of rotatable bonds is 5. The second-order valence-corrected chi connectivity index (χ2v) is 4.79. The van der Waals surface area contributed by atoms with Gasteiger partial charge in [0, 0.05) is 38.6 Å². The summed E-state index contributed by atoms with van der Waals surface area (Å²) in [5.41, 5.74) is 0. The van der Waals surface area contributed by atoms with Gasteiger partial charge in [-0.2, -0.15) is 0 Å². The van der Waals surface area contributed by atoms with E-state index in [1.54, 1.807) is 6.20 Å². The van der Waals surface area contributed by atoms with Crippen LogP contribution < -0.4 is 5.32 Å². The van der Waals surface area contributed by atoms with Crippen molar-refractivity contribution in [1.29, 1.82) is 0 Å². The third kappa shape index (κ3) is 3.57. The first kappa shape index (κ1) is 13.1. The Labute approximate surface area is 108 Å². The zero-order valence-electron chi connectivity index (χ0n) is 11.1. The van der Waals surface area contributed by atoms with E-state index in [0.717, 1.165) is 44.8 Å². The van der Waals surface area contributed by atoms with E-state index in [1.807, 2.05) is 18.0 Å². The number of amides is 1. The van der Waals surface area contributed by atoms with E-state index in [9.17, 15) is 4.79 Å². The van der Waals surface area contributed by atoms with Crippen molar-refractivity contribution in [3.63, 3.8) is 0 Å². The van der Waals surface area contributed by atoms with E-state index in [1.165, 1.54) is 6.42 Å². The average Bonchev–Trinajstić information content (AvgIpc) is 2.81. The van der Waals surface area contributed by atoms with Crippen molar-refractivity contribution in [1.82, 2.24) is 19.8 Å². The van der Waals surface area contributed by atoms with Crippen molar-refractivity contribution in [2.75, 3.05) is 26.2 Å². The van der Waals surface area contributed by atoms with Crippen molar-refractivity contribution in [2.24, 2.45) is 0 Å². The van der Waals surface area contributed by atoms with E-state index in [4.69, 9.17) is 0 Å². The van der Waals surface area contributed by atoms with Crippen LogP contribution in [0.2, 0.25) is 0 Å². The summed E-state index contributed by atoms with van der Waals surface area (Å²) in [6.45, 7) is 5.96. The number of aromatic nitrogens is 2. The van der Waals surface area contributed by atoms with E-state index in [-0.39, 0.29) is 5.91 Å². The summed E-state index contributed by atoms with van der Waals surface area (Å²) >= 11 is 0. The number of imidazole rings is 1. The summed E-state index contributed by atoms with van der Waals surface area (Å²) in [5.74, 6) is 1.25. The quantitative estimate of drug-likeness (QED) is 0.786. The van der Waals surface area contributed by atoms with Crippen LogP contribution in [0, 0.1) is 6.92 Å². The van der Waals surface area contributed by atoms with Crippen LogP contribution in [0.15, 0.2) is 12.4 Å². The smallest absolute Gasteiger partial charge is 0.236 e. The third-order valence-electron chi connectivity index (χ3n) is 3.44. The maximum Gasteiger partial charge on any atom is 0.236 e. The predicted molar refractivity (Wildman–Crippen MR) is 70.3 cm³/mol. The Bertz CT molecular complexity index is 382. The molecule has 0 radical (unpaired) electrons. The Morgan fingerprint density at radius 1 is 1.39 bits per heavy atom. The SMILES string of the molecule is Cc1nccn1CCNCC(=O)N1CCCCC1. The molecule has 1 aromatic heterocycles. The van der Waals surface area contributed by atoms with Gasteiger partial charge in [0.1, 0.15) is 5.82 Å². The van der Waals surface area contributed by atoms with Crippen LogP contribution in [0.25, 0.3) is 0 Å². The highest BCUT2D eigenvalue weighted by Crippen LogP contribution is 2.08. The highest BCUT2D eigenvalue weighted by molar-refractivity contribution is 5.78. The second kappa shape index (κ2) is 6.54. The lowest BCUT2D eigenvalue weighted by Crippen LogP contribution is -2.41. The molecule has 5 nitrogen and oxygen atoms in total. The summed E-state index contributed by atoms with van der Waals surface area (Å²) in [7, 11) is 0. The Morgan fingerprint density at radius 2 is 2.17 bits per heavy atom. The minimum atomic E-state index is 0.233. The average molecular weight is 250 g/mol. The lowest BCUT2D eigenvalue weighted by Gasteiger charge is -2.26. The van der Waals surface area contributed by atoms with Gasteiger partial charge in [-0.15, -0.1) is 0 Å². The Balaban J connectivity index is 1.63. The molecular formula is C13H22N4O. The number of aryl methyl sites for hydroxylation is 1. The van der Waals surface area contributed by atoms with Crippen molar-refractivity contribution < 1.29 is 4.79 Å². The standard InChI is InChI=1S/C13H22N4O/c1-12-15-6-10-16(12)9-5-14-11-13(18)17-7-3-2-4-8-17/h6,10,14H,2-5,7-9,11H2,1H3.